The molecule has 0 radical (unpaired) electrons. The SMILES string of the molecule is CC1(Cc2cc(C(=O)NC3CCOCC3O)c3c(c2I)CCO3)CCCCCCC1. The van der Waals surface area contributed by atoms with Gasteiger partial charge >= 0.3 is 0 Å². The monoisotopic (exact) mass is 527 g/mol. The summed E-state index contributed by atoms with van der Waals surface area (Å²) in [6.45, 7) is 3.89. The van der Waals surface area contributed by atoms with Gasteiger partial charge in [-0.15, -0.1) is 0 Å². The first-order valence-electron chi connectivity index (χ1n) is 11.5. The predicted octanol–water partition coefficient (Wildman–Crippen LogP) is 4.40. The molecule has 1 aromatic rings. The number of rotatable bonds is 4. The van der Waals surface area contributed by atoms with Crippen molar-refractivity contribution in [2.45, 2.75) is 83.3 Å². The van der Waals surface area contributed by atoms with E-state index in [1.54, 1.807) is 0 Å². The van der Waals surface area contributed by atoms with Gasteiger partial charge in [0.15, 0.2) is 0 Å². The standard InChI is InChI=1S/C24H34INO4/c1-24(9-5-3-2-4-6-10-24)14-16-13-18(22-17(21(16)25)7-12-30-22)23(28)26-19-8-11-29-15-20(19)27/h13,19-20,27H,2-12,14-15H2,1H3,(H,26,28). The Morgan fingerprint density at radius 3 is 2.70 bits per heavy atom. The Morgan fingerprint density at radius 2 is 1.97 bits per heavy atom. The van der Waals surface area contributed by atoms with Gasteiger partial charge in [-0.3, -0.25) is 4.79 Å². The number of aliphatic hydroxyl groups is 1. The Hall–Kier alpha value is -0.860. The van der Waals surface area contributed by atoms with Crippen LogP contribution in [0.4, 0.5) is 0 Å². The van der Waals surface area contributed by atoms with Crippen LogP contribution in [0.1, 0.15) is 79.8 Å². The van der Waals surface area contributed by atoms with E-state index in [9.17, 15) is 9.90 Å². The number of aliphatic hydroxyl groups excluding tert-OH is 1. The highest BCUT2D eigenvalue weighted by Crippen LogP contribution is 2.41. The van der Waals surface area contributed by atoms with Crippen molar-refractivity contribution in [1.29, 1.82) is 0 Å². The van der Waals surface area contributed by atoms with E-state index in [1.807, 2.05) is 0 Å². The van der Waals surface area contributed by atoms with E-state index >= 15 is 0 Å². The van der Waals surface area contributed by atoms with Gasteiger partial charge in [-0.25, -0.2) is 0 Å². The summed E-state index contributed by atoms with van der Waals surface area (Å²) in [5, 5.41) is 13.2. The molecule has 1 aliphatic carbocycles. The summed E-state index contributed by atoms with van der Waals surface area (Å²) in [5.41, 5.74) is 3.38. The Kier molecular flexibility index (Phi) is 7.25. The maximum atomic E-state index is 13.2. The molecule has 1 amide bonds. The number of hydrogen-bond donors (Lipinski definition) is 2. The van der Waals surface area contributed by atoms with Crippen LogP contribution in [-0.4, -0.2) is 43.0 Å². The van der Waals surface area contributed by atoms with Crippen molar-refractivity contribution in [3.05, 3.63) is 26.3 Å². The molecule has 166 valence electrons. The first-order chi connectivity index (χ1) is 14.5. The number of carbonyl (C=O) groups is 1. The number of hydrogen-bond acceptors (Lipinski definition) is 4. The summed E-state index contributed by atoms with van der Waals surface area (Å²) < 4.78 is 12.5. The normalized spacial score (nSPS) is 26.2. The molecule has 1 saturated heterocycles. The summed E-state index contributed by atoms with van der Waals surface area (Å²) in [5.74, 6) is 0.601. The molecule has 1 aromatic carbocycles. The number of ether oxygens (including phenoxy) is 2. The first kappa shape index (κ1) is 22.3. The number of amides is 1. The smallest absolute Gasteiger partial charge is 0.255 e. The van der Waals surface area contributed by atoms with Crippen LogP contribution >= 0.6 is 22.6 Å². The van der Waals surface area contributed by atoms with Crippen LogP contribution in [0.2, 0.25) is 0 Å². The zero-order valence-electron chi connectivity index (χ0n) is 18.0. The highest BCUT2D eigenvalue weighted by atomic mass is 127. The Morgan fingerprint density at radius 1 is 1.23 bits per heavy atom. The molecule has 2 heterocycles. The van der Waals surface area contributed by atoms with E-state index < -0.39 is 6.10 Å². The average molecular weight is 527 g/mol. The minimum Gasteiger partial charge on any atom is -0.492 e. The molecule has 2 fully saturated rings. The van der Waals surface area contributed by atoms with E-state index in [0.717, 1.165) is 18.6 Å². The van der Waals surface area contributed by atoms with E-state index in [1.165, 1.54) is 59.6 Å². The quantitative estimate of drug-likeness (QED) is 0.570. The fraction of sp³-hybridized carbons (Fsp3) is 0.708. The molecule has 5 nitrogen and oxygen atoms in total. The lowest BCUT2D eigenvalue weighted by atomic mass is 9.73. The second-order valence-corrected chi connectivity index (χ2v) is 10.6. The highest BCUT2D eigenvalue weighted by Gasteiger charge is 2.32. The minimum absolute atomic E-state index is 0.139. The van der Waals surface area contributed by atoms with Crippen LogP contribution in [0.25, 0.3) is 0 Å². The molecule has 6 heteroatoms. The number of fused-ring (bicyclic) bond motifs is 1. The van der Waals surface area contributed by atoms with Gasteiger partial charge in [-0.1, -0.05) is 39.0 Å². The first-order valence-corrected chi connectivity index (χ1v) is 12.6. The van der Waals surface area contributed by atoms with Gasteiger partial charge < -0.3 is 19.9 Å². The molecule has 3 aliphatic rings. The maximum Gasteiger partial charge on any atom is 0.255 e. The highest BCUT2D eigenvalue weighted by molar-refractivity contribution is 14.1. The number of nitrogens with one attached hydrogen (secondary N) is 1. The molecule has 0 spiro atoms. The molecular weight excluding hydrogens is 493 g/mol. The molecule has 2 N–H and O–H groups in total. The van der Waals surface area contributed by atoms with Gasteiger partial charge in [0.2, 0.25) is 0 Å². The van der Waals surface area contributed by atoms with Crippen LogP contribution in [0.5, 0.6) is 5.75 Å². The largest absolute Gasteiger partial charge is 0.492 e. The molecule has 30 heavy (non-hydrogen) atoms. The second-order valence-electron chi connectivity index (χ2n) is 9.57. The molecule has 2 aliphatic heterocycles. The molecular formula is C24H34INO4. The lowest BCUT2D eigenvalue weighted by molar-refractivity contribution is -0.0261. The minimum atomic E-state index is -0.658. The summed E-state index contributed by atoms with van der Waals surface area (Å²) in [6.07, 6.45) is 11.0. The van der Waals surface area contributed by atoms with E-state index in [0.29, 0.717) is 30.6 Å². The van der Waals surface area contributed by atoms with Gasteiger partial charge in [0.25, 0.3) is 5.91 Å². The average Bonchev–Trinajstić information content (AvgIpc) is 3.19. The second kappa shape index (κ2) is 9.74. The Labute approximate surface area is 193 Å². The van der Waals surface area contributed by atoms with Crippen molar-refractivity contribution in [2.75, 3.05) is 19.8 Å². The summed E-state index contributed by atoms with van der Waals surface area (Å²) in [7, 11) is 0. The van der Waals surface area contributed by atoms with Gasteiger partial charge in [0.1, 0.15) is 5.75 Å². The summed E-state index contributed by atoms with van der Waals surface area (Å²) in [6, 6.07) is 1.80. The lowest BCUT2D eigenvalue weighted by Crippen LogP contribution is -2.48. The third-order valence-corrected chi connectivity index (χ3v) is 8.39. The van der Waals surface area contributed by atoms with Crippen LogP contribution in [0.3, 0.4) is 0 Å². The fourth-order valence-electron chi connectivity index (χ4n) is 5.23. The van der Waals surface area contributed by atoms with Gasteiger partial charge in [-0.05, 0) is 65.3 Å². The van der Waals surface area contributed by atoms with Crippen LogP contribution in [0.15, 0.2) is 6.07 Å². The third-order valence-electron chi connectivity index (χ3n) is 7.05. The van der Waals surface area contributed by atoms with Crippen molar-refractivity contribution >= 4 is 28.5 Å². The predicted molar refractivity (Wildman–Crippen MR) is 125 cm³/mol. The fourth-order valence-corrected chi connectivity index (χ4v) is 6.09. The van der Waals surface area contributed by atoms with Crippen molar-refractivity contribution < 1.29 is 19.4 Å². The molecule has 2 unspecified atom stereocenters. The molecule has 2 atom stereocenters. The van der Waals surface area contributed by atoms with E-state index in [-0.39, 0.29) is 18.6 Å². The zero-order chi connectivity index (χ0) is 21.1. The van der Waals surface area contributed by atoms with E-state index in [2.05, 4.69) is 40.9 Å². The molecule has 1 saturated carbocycles. The van der Waals surface area contributed by atoms with Crippen molar-refractivity contribution in [1.82, 2.24) is 5.32 Å². The van der Waals surface area contributed by atoms with Gasteiger partial charge in [-0.2, -0.15) is 0 Å². The maximum absolute atomic E-state index is 13.2. The molecule has 4 rings (SSSR count). The zero-order valence-corrected chi connectivity index (χ0v) is 20.1. The van der Waals surface area contributed by atoms with Crippen molar-refractivity contribution in [3.8, 4) is 5.75 Å². The Bertz CT molecular complexity index is 773. The van der Waals surface area contributed by atoms with E-state index in [4.69, 9.17) is 9.47 Å². The summed E-state index contributed by atoms with van der Waals surface area (Å²) >= 11 is 2.46. The third kappa shape index (κ3) is 4.96. The van der Waals surface area contributed by atoms with Crippen molar-refractivity contribution in [3.63, 3.8) is 0 Å². The topological polar surface area (TPSA) is 67.8 Å². The number of halogens is 1. The van der Waals surface area contributed by atoms with Gasteiger partial charge in [0.05, 0.1) is 30.9 Å². The molecule has 0 bridgehead atoms. The van der Waals surface area contributed by atoms with Crippen LogP contribution in [-0.2, 0) is 17.6 Å². The summed E-state index contributed by atoms with van der Waals surface area (Å²) in [4.78, 5) is 13.2. The number of benzene rings is 1. The van der Waals surface area contributed by atoms with Gasteiger partial charge in [0, 0.05) is 22.2 Å². The van der Waals surface area contributed by atoms with Crippen LogP contribution in [0, 0.1) is 8.99 Å². The van der Waals surface area contributed by atoms with Crippen molar-refractivity contribution in [2.24, 2.45) is 5.41 Å². The lowest BCUT2D eigenvalue weighted by Gasteiger charge is -2.33. The molecule has 0 aromatic heterocycles. The van der Waals surface area contributed by atoms with Crippen LogP contribution < -0.4 is 10.1 Å². The Balaban J connectivity index is 1.60. The number of carbonyl (C=O) groups excluding carboxylic acids is 1.